The van der Waals surface area contributed by atoms with Crippen LogP contribution in [0.1, 0.15) is 12.5 Å². The third kappa shape index (κ3) is 3.40. The SMILES string of the molecule is CC1CN(C(=O)Cc2ccc(N)cc2)CCS1. The van der Waals surface area contributed by atoms with Gasteiger partial charge in [-0.2, -0.15) is 11.8 Å². The molecule has 0 saturated carbocycles. The number of nitrogens with zero attached hydrogens (tertiary/aromatic N) is 1. The van der Waals surface area contributed by atoms with Gasteiger partial charge in [-0.15, -0.1) is 0 Å². The summed E-state index contributed by atoms with van der Waals surface area (Å²) in [6, 6.07) is 7.54. The van der Waals surface area contributed by atoms with Crippen LogP contribution < -0.4 is 5.73 Å². The highest BCUT2D eigenvalue weighted by molar-refractivity contribution is 7.99. The molecular formula is C13H18N2OS. The van der Waals surface area contributed by atoms with E-state index in [9.17, 15) is 4.79 Å². The van der Waals surface area contributed by atoms with Gasteiger partial charge in [0.25, 0.3) is 0 Å². The molecule has 1 aromatic carbocycles. The van der Waals surface area contributed by atoms with E-state index in [4.69, 9.17) is 5.73 Å². The molecular weight excluding hydrogens is 232 g/mol. The van der Waals surface area contributed by atoms with Gasteiger partial charge in [0.05, 0.1) is 6.42 Å². The van der Waals surface area contributed by atoms with Crippen molar-refractivity contribution in [2.45, 2.75) is 18.6 Å². The van der Waals surface area contributed by atoms with Crippen LogP contribution in [0.4, 0.5) is 5.69 Å². The monoisotopic (exact) mass is 250 g/mol. The highest BCUT2D eigenvalue weighted by Gasteiger charge is 2.21. The molecule has 0 spiro atoms. The molecule has 3 nitrogen and oxygen atoms in total. The van der Waals surface area contributed by atoms with Crippen molar-refractivity contribution >= 4 is 23.4 Å². The number of hydrogen-bond acceptors (Lipinski definition) is 3. The quantitative estimate of drug-likeness (QED) is 0.814. The van der Waals surface area contributed by atoms with Crippen LogP contribution in [-0.2, 0) is 11.2 Å². The number of thioether (sulfide) groups is 1. The Morgan fingerprint density at radius 1 is 1.47 bits per heavy atom. The van der Waals surface area contributed by atoms with Gasteiger partial charge in [0.15, 0.2) is 0 Å². The number of benzene rings is 1. The number of rotatable bonds is 2. The minimum absolute atomic E-state index is 0.224. The van der Waals surface area contributed by atoms with E-state index in [0.29, 0.717) is 11.7 Å². The lowest BCUT2D eigenvalue weighted by Crippen LogP contribution is -2.41. The summed E-state index contributed by atoms with van der Waals surface area (Å²) in [7, 11) is 0. The molecule has 92 valence electrons. The molecule has 0 aromatic heterocycles. The average Bonchev–Trinajstić information content (AvgIpc) is 2.32. The van der Waals surface area contributed by atoms with E-state index in [1.54, 1.807) is 0 Å². The molecule has 1 aromatic rings. The summed E-state index contributed by atoms with van der Waals surface area (Å²) in [5.74, 6) is 1.27. The maximum atomic E-state index is 12.1. The summed E-state index contributed by atoms with van der Waals surface area (Å²) in [4.78, 5) is 14.1. The van der Waals surface area contributed by atoms with Crippen molar-refractivity contribution in [2.24, 2.45) is 0 Å². The predicted molar refractivity (Wildman–Crippen MR) is 73.1 cm³/mol. The maximum absolute atomic E-state index is 12.1. The van der Waals surface area contributed by atoms with Crippen molar-refractivity contribution in [3.63, 3.8) is 0 Å². The number of nitrogens with two attached hydrogens (primary N) is 1. The molecule has 1 saturated heterocycles. The van der Waals surface area contributed by atoms with Gasteiger partial charge in [-0.1, -0.05) is 19.1 Å². The summed E-state index contributed by atoms with van der Waals surface area (Å²) in [5.41, 5.74) is 7.40. The molecule has 1 amide bonds. The first-order valence-electron chi connectivity index (χ1n) is 5.89. The number of anilines is 1. The van der Waals surface area contributed by atoms with E-state index >= 15 is 0 Å². The van der Waals surface area contributed by atoms with Crippen LogP contribution in [0.25, 0.3) is 0 Å². The van der Waals surface area contributed by atoms with E-state index in [1.165, 1.54) is 0 Å². The van der Waals surface area contributed by atoms with Gasteiger partial charge >= 0.3 is 0 Å². The van der Waals surface area contributed by atoms with Crippen LogP contribution in [0, 0.1) is 0 Å². The predicted octanol–water partition coefficient (Wildman–Crippen LogP) is 1.78. The zero-order chi connectivity index (χ0) is 12.3. The first-order valence-corrected chi connectivity index (χ1v) is 6.94. The van der Waals surface area contributed by atoms with Gasteiger partial charge in [0.1, 0.15) is 0 Å². The van der Waals surface area contributed by atoms with Crippen molar-refractivity contribution in [3.8, 4) is 0 Å². The zero-order valence-electron chi connectivity index (χ0n) is 10.1. The molecule has 1 unspecified atom stereocenters. The Hall–Kier alpha value is -1.16. The van der Waals surface area contributed by atoms with Crippen LogP contribution in [-0.4, -0.2) is 34.9 Å². The van der Waals surface area contributed by atoms with Gasteiger partial charge in [-0.25, -0.2) is 0 Å². The van der Waals surface area contributed by atoms with Crippen LogP contribution in [0.3, 0.4) is 0 Å². The standard InChI is InChI=1S/C13H18N2OS/c1-10-9-15(6-7-17-10)13(16)8-11-2-4-12(14)5-3-11/h2-5,10H,6-9,14H2,1H3. The zero-order valence-corrected chi connectivity index (χ0v) is 10.9. The Balaban J connectivity index is 1.94. The minimum atomic E-state index is 0.224. The Kier molecular flexibility index (Phi) is 3.94. The summed E-state index contributed by atoms with van der Waals surface area (Å²) >= 11 is 1.94. The Bertz CT molecular complexity index is 391. The van der Waals surface area contributed by atoms with Crippen LogP contribution in [0.15, 0.2) is 24.3 Å². The van der Waals surface area contributed by atoms with Gasteiger partial charge in [0, 0.05) is 29.8 Å². The Morgan fingerprint density at radius 3 is 2.82 bits per heavy atom. The van der Waals surface area contributed by atoms with E-state index in [0.717, 1.165) is 30.1 Å². The maximum Gasteiger partial charge on any atom is 0.227 e. The largest absolute Gasteiger partial charge is 0.399 e. The first kappa shape index (κ1) is 12.3. The number of carbonyl (C=O) groups is 1. The lowest BCUT2D eigenvalue weighted by Gasteiger charge is -2.30. The third-order valence-electron chi connectivity index (χ3n) is 2.93. The van der Waals surface area contributed by atoms with Crippen LogP contribution in [0.2, 0.25) is 0 Å². The molecule has 0 radical (unpaired) electrons. The van der Waals surface area contributed by atoms with Gasteiger partial charge in [-0.3, -0.25) is 4.79 Å². The van der Waals surface area contributed by atoms with Gasteiger partial charge < -0.3 is 10.6 Å². The number of nitrogen functional groups attached to an aromatic ring is 1. The fourth-order valence-corrected chi connectivity index (χ4v) is 2.98. The van der Waals surface area contributed by atoms with Crippen molar-refractivity contribution < 1.29 is 4.79 Å². The fourth-order valence-electron chi connectivity index (χ4n) is 1.97. The normalized spacial score (nSPS) is 20.3. The first-order chi connectivity index (χ1) is 8.15. The molecule has 1 heterocycles. The topological polar surface area (TPSA) is 46.3 Å². The van der Waals surface area contributed by atoms with Gasteiger partial charge in [0.2, 0.25) is 5.91 Å². The van der Waals surface area contributed by atoms with Crippen LogP contribution >= 0.6 is 11.8 Å². The summed E-state index contributed by atoms with van der Waals surface area (Å²) < 4.78 is 0. The third-order valence-corrected chi connectivity index (χ3v) is 4.07. The Labute approximate surface area is 106 Å². The Morgan fingerprint density at radius 2 is 2.18 bits per heavy atom. The molecule has 17 heavy (non-hydrogen) atoms. The summed E-state index contributed by atoms with van der Waals surface area (Å²) in [6.07, 6.45) is 0.484. The molecule has 1 aliphatic heterocycles. The van der Waals surface area contributed by atoms with E-state index in [2.05, 4.69) is 6.92 Å². The molecule has 2 rings (SSSR count). The van der Waals surface area contributed by atoms with Crippen molar-refractivity contribution in [3.05, 3.63) is 29.8 Å². The fraction of sp³-hybridized carbons (Fsp3) is 0.462. The minimum Gasteiger partial charge on any atom is -0.399 e. The second kappa shape index (κ2) is 5.45. The lowest BCUT2D eigenvalue weighted by molar-refractivity contribution is -0.130. The number of carbonyl (C=O) groups excluding carboxylic acids is 1. The molecule has 1 fully saturated rings. The van der Waals surface area contributed by atoms with Crippen molar-refractivity contribution in [1.82, 2.24) is 4.90 Å². The highest BCUT2D eigenvalue weighted by atomic mass is 32.2. The van der Waals surface area contributed by atoms with E-state index in [1.807, 2.05) is 40.9 Å². The molecule has 0 aliphatic carbocycles. The number of amides is 1. The number of hydrogen-bond donors (Lipinski definition) is 1. The molecule has 0 bridgehead atoms. The second-order valence-electron chi connectivity index (χ2n) is 4.44. The molecule has 1 atom stereocenters. The molecule has 2 N–H and O–H groups in total. The van der Waals surface area contributed by atoms with E-state index < -0.39 is 0 Å². The smallest absolute Gasteiger partial charge is 0.227 e. The lowest BCUT2D eigenvalue weighted by atomic mass is 10.1. The average molecular weight is 250 g/mol. The van der Waals surface area contributed by atoms with E-state index in [-0.39, 0.29) is 5.91 Å². The molecule has 4 heteroatoms. The second-order valence-corrected chi connectivity index (χ2v) is 5.99. The highest BCUT2D eigenvalue weighted by Crippen LogP contribution is 2.18. The summed E-state index contributed by atoms with van der Waals surface area (Å²) in [5, 5.41) is 0.555. The van der Waals surface area contributed by atoms with Gasteiger partial charge in [-0.05, 0) is 17.7 Å². The molecule has 1 aliphatic rings. The van der Waals surface area contributed by atoms with Crippen molar-refractivity contribution in [1.29, 1.82) is 0 Å². The van der Waals surface area contributed by atoms with Crippen molar-refractivity contribution in [2.75, 3.05) is 24.6 Å². The van der Waals surface area contributed by atoms with Crippen LogP contribution in [0.5, 0.6) is 0 Å². The summed E-state index contributed by atoms with van der Waals surface area (Å²) in [6.45, 7) is 3.93.